The van der Waals surface area contributed by atoms with E-state index in [-0.39, 0.29) is 23.5 Å². The first-order chi connectivity index (χ1) is 7.38. The molecule has 3 heteroatoms. The number of hydrogen-bond acceptors (Lipinski definition) is 2. The molecule has 1 aliphatic rings. The van der Waals surface area contributed by atoms with Crippen LogP contribution in [0, 0.1) is 5.41 Å². The number of likely N-dealkylation sites (tertiary alicyclic amines) is 1. The molecule has 1 heterocycles. The highest BCUT2D eigenvalue weighted by atomic mass is 16.3. The minimum absolute atomic E-state index is 0.248. The molecule has 16 heavy (non-hydrogen) atoms. The largest absolute Gasteiger partial charge is 0.393 e. The van der Waals surface area contributed by atoms with Gasteiger partial charge < -0.3 is 10.0 Å². The van der Waals surface area contributed by atoms with E-state index in [1.54, 1.807) is 6.92 Å². The maximum atomic E-state index is 12.3. The van der Waals surface area contributed by atoms with Crippen molar-refractivity contribution in [3.05, 3.63) is 0 Å². The molecule has 0 spiro atoms. The Labute approximate surface area is 98.8 Å². The van der Waals surface area contributed by atoms with Gasteiger partial charge in [0.05, 0.1) is 6.10 Å². The normalized spacial score (nSPS) is 23.6. The van der Waals surface area contributed by atoms with Crippen molar-refractivity contribution in [2.75, 3.05) is 6.54 Å². The molecule has 0 aromatic rings. The Morgan fingerprint density at radius 2 is 2.19 bits per heavy atom. The minimum atomic E-state index is -0.317. The number of aliphatic hydroxyl groups is 1. The van der Waals surface area contributed by atoms with E-state index in [1.807, 2.05) is 18.7 Å². The van der Waals surface area contributed by atoms with Gasteiger partial charge in [0.2, 0.25) is 5.91 Å². The van der Waals surface area contributed by atoms with Crippen molar-refractivity contribution in [3.8, 4) is 0 Å². The number of hydrogen-bond donors (Lipinski definition) is 1. The Hall–Kier alpha value is -0.570. The average Bonchev–Trinajstić information content (AvgIpc) is 2.63. The smallest absolute Gasteiger partial charge is 0.228 e. The van der Waals surface area contributed by atoms with Crippen LogP contribution in [0.4, 0.5) is 0 Å². The molecule has 0 aromatic heterocycles. The Morgan fingerprint density at radius 1 is 1.56 bits per heavy atom. The lowest BCUT2D eigenvalue weighted by atomic mass is 9.88. The van der Waals surface area contributed by atoms with Crippen LogP contribution in [0.25, 0.3) is 0 Å². The summed E-state index contributed by atoms with van der Waals surface area (Å²) in [5.41, 5.74) is -0.263. The zero-order valence-corrected chi connectivity index (χ0v) is 11.0. The predicted octanol–water partition coefficient (Wildman–Crippen LogP) is 2.18. The molecule has 0 aromatic carbocycles. The molecule has 1 aliphatic heterocycles. The van der Waals surface area contributed by atoms with Crippen molar-refractivity contribution in [1.29, 1.82) is 0 Å². The van der Waals surface area contributed by atoms with Crippen molar-refractivity contribution >= 4 is 5.91 Å². The van der Waals surface area contributed by atoms with Gasteiger partial charge in [0.15, 0.2) is 0 Å². The molecule has 1 N–H and O–H groups in total. The van der Waals surface area contributed by atoms with Crippen molar-refractivity contribution in [1.82, 2.24) is 4.90 Å². The summed E-state index contributed by atoms with van der Waals surface area (Å²) < 4.78 is 0. The molecular formula is C13H25NO2. The van der Waals surface area contributed by atoms with Gasteiger partial charge in [0.1, 0.15) is 0 Å². The predicted molar refractivity (Wildman–Crippen MR) is 65.1 cm³/mol. The highest BCUT2D eigenvalue weighted by molar-refractivity contribution is 5.82. The molecule has 0 aliphatic carbocycles. The zero-order valence-electron chi connectivity index (χ0n) is 11.0. The first kappa shape index (κ1) is 13.5. The molecule has 1 fully saturated rings. The summed E-state index contributed by atoms with van der Waals surface area (Å²) in [7, 11) is 0. The maximum Gasteiger partial charge on any atom is 0.228 e. The fourth-order valence-electron chi connectivity index (χ4n) is 2.28. The maximum absolute atomic E-state index is 12.3. The Balaban J connectivity index is 2.68. The van der Waals surface area contributed by atoms with E-state index in [1.165, 1.54) is 0 Å². The fourth-order valence-corrected chi connectivity index (χ4v) is 2.28. The zero-order chi connectivity index (χ0) is 12.3. The Kier molecular flexibility index (Phi) is 4.36. The number of nitrogens with zero attached hydrogens (tertiary/aromatic N) is 1. The van der Waals surface area contributed by atoms with Crippen LogP contribution in [0.5, 0.6) is 0 Å². The van der Waals surface area contributed by atoms with Gasteiger partial charge in [-0.05, 0) is 32.6 Å². The van der Waals surface area contributed by atoms with E-state index in [9.17, 15) is 9.90 Å². The quantitative estimate of drug-likeness (QED) is 0.799. The van der Waals surface area contributed by atoms with Crippen LogP contribution in [-0.4, -0.2) is 34.6 Å². The third-order valence-electron chi connectivity index (χ3n) is 3.71. The lowest BCUT2D eigenvalue weighted by molar-refractivity contribution is -0.141. The first-order valence-electron chi connectivity index (χ1n) is 6.37. The van der Waals surface area contributed by atoms with E-state index in [4.69, 9.17) is 0 Å². The number of carbonyl (C=O) groups is 1. The summed E-state index contributed by atoms with van der Waals surface area (Å²) in [5, 5.41) is 9.43. The van der Waals surface area contributed by atoms with Crippen molar-refractivity contribution < 1.29 is 9.90 Å². The van der Waals surface area contributed by atoms with Crippen molar-refractivity contribution in [3.63, 3.8) is 0 Å². The highest BCUT2D eigenvalue weighted by Crippen LogP contribution is 2.29. The second-order valence-corrected chi connectivity index (χ2v) is 5.62. The van der Waals surface area contributed by atoms with Gasteiger partial charge in [0, 0.05) is 18.0 Å². The van der Waals surface area contributed by atoms with E-state index in [2.05, 4.69) is 6.92 Å². The number of amides is 1. The monoisotopic (exact) mass is 227 g/mol. The summed E-state index contributed by atoms with van der Waals surface area (Å²) in [6.07, 6.45) is 3.37. The molecule has 1 rings (SSSR count). The summed E-state index contributed by atoms with van der Waals surface area (Å²) in [6.45, 7) is 8.73. The van der Waals surface area contributed by atoms with Gasteiger partial charge in [0.25, 0.3) is 0 Å². The molecule has 94 valence electrons. The number of aliphatic hydroxyl groups excluding tert-OH is 1. The summed E-state index contributed by atoms with van der Waals surface area (Å²) in [4.78, 5) is 14.3. The first-order valence-corrected chi connectivity index (χ1v) is 6.37. The fraction of sp³-hybridized carbons (Fsp3) is 0.923. The van der Waals surface area contributed by atoms with Crippen LogP contribution in [0.1, 0.15) is 53.4 Å². The Bertz CT molecular complexity index is 248. The van der Waals surface area contributed by atoms with Crippen LogP contribution in [0.15, 0.2) is 0 Å². The number of rotatable bonds is 4. The van der Waals surface area contributed by atoms with E-state index in [0.29, 0.717) is 6.42 Å². The van der Waals surface area contributed by atoms with Crippen molar-refractivity contribution in [2.24, 2.45) is 5.41 Å². The van der Waals surface area contributed by atoms with Gasteiger partial charge in [-0.15, -0.1) is 0 Å². The molecule has 0 radical (unpaired) electrons. The van der Waals surface area contributed by atoms with Crippen LogP contribution >= 0.6 is 0 Å². The molecule has 0 bridgehead atoms. The molecule has 2 atom stereocenters. The topological polar surface area (TPSA) is 40.5 Å². The van der Waals surface area contributed by atoms with Crippen molar-refractivity contribution in [2.45, 2.75) is 65.5 Å². The third kappa shape index (κ3) is 2.97. The van der Waals surface area contributed by atoms with Gasteiger partial charge in [-0.3, -0.25) is 4.79 Å². The highest BCUT2D eigenvalue weighted by Gasteiger charge is 2.36. The van der Waals surface area contributed by atoms with Gasteiger partial charge >= 0.3 is 0 Å². The minimum Gasteiger partial charge on any atom is -0.393 e. The van der Waals surface area contributed by atoms with Crippen LogP contribution in [0.3, 0.4) is 0 Å². The van der Waals surface area contributed by atoms with Crippen LogP contribution < -0.4 is 0 Å². The molecular weight excluding hydrogens is 202 g/mol. The van der Waals surface area contributed by atoms with Gasteiger partial charge in [-0.25, -0.2) is 0 Å². The van der Waals surface area contributed by atoms with Crippen LogP contribution in [0.2, 0.25) is 0 Å². The second-order valence-electron chi connectivity index (χ2n) is 5.62. The summed E-state index contributed by atoms with van der Waals surface area (Å²) in [6, 6.07) is 0.248. The van der Waals surface area contributed by atoms with E-state index < -0.39 is 0 Å². The molecule has 2 unspecified atom stereocenters. The van der Waals surface area contributed by atoms with Crippen LogP contribution in [-0.2, 0) is 4.79 Å². The molecule has 1 saturated heterocycles. The second kappa shape index (κ2) is 5.17. The average molecular weight is 227 g/mol. The third-order valence-corrected chi connectivity index (χ3v) is 3.71. The summed E-state index contributed by atoms with van der Waals surface area (Å²) >= 11 is 0. The molecule has 0 saturated carbocycles. The summed E-state index contributed by atoms with van der Waals surface area (Å²) in [5.74, 6) is 0.248. The lowest BCUT2D eigenvalue weighted by Gasteiger charge is -2.33. The number of carbonyl (C=O) groups excluding carboxylic acids is 1. The van der Waals surface area contributed by atoms with Gasteiger partial charge in [-0.1, -0.05) is 20.8 Å². The molecule has 3 nitrogen and oxygen atoms in total. The molecule has 1 amide bonds. The Morgan fingerprint density at radius 3 is 2.69 bits per heavy atom. The SMILES string of the molecule is CCC(C)(C)C(=O)N1CCCC1CC(C)O. The van der Waals surface area contributed by atoms with E-state index in [0.717, 1.165) is 25.8 Å². The lowest BCUT2D eigenvalue weighted by Crippen LogP contribution is -2.44. The standard InChI is InChI=1S/C13H25NO2/c1-5-13(3,4)12(16)14-8-6-7-11(14)9-10(2)15/h10-11,15H,5-9H2,1-4H3. The van der Waals surface area contributed by atoms with E-state index >= 15 is 0 Å². The van der Waals surface area contributed by atoms with Gasteiger partial charge in [-0.2, -0.15) is 0 Å².